The maximum Gasteiger partial charge on any atom is 0.408 e. The number of likely N-dealkylation sites (tertiary alicyclic amines) is 1. The van der Waals surface area contributed by atoms with Gasteiger partial charge in [-0.3, -0.25) is 4.90 Å². The standard InChI is InChI=1S/C10H14N2O2/c1-10(2,3)8-7(4-5-11)6-12(8)9(13)14/h4,8H,6H2,1-3H3,(H,13,14). The highest BCUT2D eigenvalue weighted by molar-refractivity contribution is 5.69. The van der Waals surface area contributed by atoms with Crippen molar-refractivity contribution in [1.29, 1.82) is 5.26 Å². The van der Waals surface area contributed by atoms with E-state index in [0.717, 1.165) is 5.57 Å². The number of hydrogen-bond acceptors (Lipinski definition) is 2. The first-order valence-corrected chi connectivity index (χ1v) is 4.46. The summed E-state index contributed by atoms with van der Waals surface area (Å²) in [6, 6.07) is 1.80. The molecule has 1 unspecified atom stereocenters. The average Bonchev–Trinajstić information content (AvgIpc) is 1.92. The monoisotopic (exact) mass is 194 g/mol. The molecule has 0 aliphatic carbocycles. The Hall–Kier alpha value is -1.50. The summed E-state index contributed by atoms with van der Waals surface area (Å²) in [7, 11) is 0. The van der Waals surface area contributed by atoms with E-state index in [9.17, 15) is 4.79 Å². The second kappa shape index (κ2) is 3.33. The summed E-state index contributed by atoms with van der Waals surface area (Å²) < 4.78 is 0. The van der Waals surface area contributed by atoms with Crippen LogP contribution in [0.15, 0.2) is 11.6 Å². The summed E-state index contributed by atoms with van der Waals surface area (Å²) >= 11 is 0. The molecule has 1 aliphatic heterocycles. The highest BCUT2D eigenvalue weighted by Gasteiger charge is 2.44. The quantitative estimate of drug-likeness (QED) is 0.598. The Morgan fingerprint density at radius 2 is 2.29 bits per heavy atom. The molecule has 0 aromatic heterocycles. The van der Waals surface area contributed by atoms with Gasteiger partial charge in [-0.2, -0.15) is 5.26 Å². The minimum Gasteiger partial charge on any atom is -0.465 e. The van der Waals surface area contributed by atoms with Gasteiger partial charge in [0.1, 0.15) is 0 Å². The van der Waals surface area contributed by atoms with E-state index in [1.165, 1.54) is 11.0 Å². The van der Waals surface area contributed by atoms with Crippen molar-refractivity contribution in [3.8, 4) is 6.07 Å². The van der Waals surface area contributed by atoms with Crippen molar-refractivity contribution >= 4 is 6.09 Å². The fourth-order valence-corrected chi connectivity index (χ4v) is 1.87. The molecule has 0 aromatic rings. The zero-order chi connectivity index (χ0) is 10.9. The van der Waals surface area contributed by atoms with Crippen molar-refractivity contribution in [2.24, 2.45) is 5.41 Å². The molecule has 1 saturated heterocycles. The third-order valence-electron chi connectivity index (χ3n) is 2.33. The van der Waals surface area contributed by atoms with Gasteiger partial charge in [0.2, 0.25) is 0 Å². The molecular formula is C10H14N2O2. The van der Waals surface area contributed by atoms with E-state index in [1.54, 1.807) is 0 Å². The highest BCUT2D eigenvalue weighted by atomic mass is 16.4. The molecule has 0 bridgehead atoms. The third kappa shape index (κ3) is 1.72. The smallest absolute Gasteiger partial charge is 0.408 e. The van der Waals surface area contributed by atoms with E-state index in [-0.39, 0.29) is 11.5 Å². The van der Waals surface area contributed by atoms with Crippen molar-refractivity contribution in [2.75, 3.05) is 6.54 Å². The average molecular weight is 194 g/mol. The van der Waals surface area contributed by atoms with Crippen LogP contribution < -0.4 is 0 Å². The van der Waals surface area contributed by atoms with Crippen molar-refractivity contribution in [2.45, 2.75) is 26.8 Å². The van der Waals surface area contributed by atoms with Crippen LogP contribution in [0.1, 0.15) is 20.8 Å². The molecule has 4 nitrogen and oxygen atoms in total. The Morgan fingerprint density at radius 1 is 1.71 bits per heavy atom. The fourth-order valence-electron chi connectivity index (χ4n) is 1.87. The Kier molecular flexibility index (Phi) is 2.52. The van der Waals surface area contributed by atoms with Crippen LogP contribution in [0.2, 0.25) is 0 Å². The van der Waals surface area contributed by atoms with E-state index in [1.807, 2.05) is 26.8 Å². The number of nitrogens with zero attached hydrogens (tertiary/aromatic N) is 2. The molecule has 1 N–H and O–H groups in total. The summed E-state index contributed by atoms with van der Waals surface area (Å²) in [5.41, 5.74) is 0.752. The van der Waals surface area contributed by atoms with Crippen molar-refractivity contribution in [1.82, 2.24) is 4.90 Å². The van der Waals surface area contributed by atoms with Crippen LogP contribution in [0.3, 0.4) is 0 Å². The fraction of sp³-hybridized carbons (Fsp3) is 0.600. The van der Waals surface area contributed by atoms with Crippen LogP contribution in [0.5, 0.6) is 0 Å². The number of carbonyl (C=O) groups is 1. The van der Waals surface area contributed by atoms with Crippen LogP contribution in [0, 0.1) is 16.7 Å². The molecule has 0 aromatic carbocycles. The molecule has 76 valence electrons. The molecule has 1 rings (SSSR count). The second-order valence-corrected chi connectivity index (χ2v) is 4.53. The molecule has 1 fully saturated rings. The summed E-state index contributed by atoms with van der Waals surface area (Å²) in [6.07, 6.45) is 0.537. The first-order valence-electron chi connectivity index (χ1n) is 4.46. The molecule has 14 heavy (non-hydrogen) atoms. The SMILES string of the molecule is CC(C)(C)C1C(=CC#N)CN1C(=O)O. The molecule has 1 amide bonds. The first kappa shape index (κ1) is 10.6. The number of amides is 1. The van der Waals surface area contributed by atoms with E-state index >= 15 is 0 Å². The van der Waals surface area contributed by atoms with E-state index in [2.05, 4.69) is 0 Å². The topological polar surface area (TPSA) is 64.3 Å². The molecule has 1 aliphatic rings. The molecule has 0 saturated carbocycles. The minimum atomic E-state index is -0.917. The van der Waals surface area contributed by atoms with Gasteiger partial charge in [0.05, 0.1) is 12.1 Å². The maximum absolute atomic E-state index is 10.8. The zero-order valence-corrected chi connectivity index (χ0v) is 8.61. The predicted molar refractivity (Wildman–Crippen MR) is 51.7 cm³/mol. The molecule has 1 atom stereocenters. The maximum atomic E-state index is 10.8. The lowest BCUT2D eigenvalue weighted by Gasteiger charge is -2.48. The number of rotatable bonds is 0. The minimum absolute atomic E-state index is 0.153. The molecule has 0 radical (unpaired) electrons. The van der Waals surface area contributed by atoms with E-state index in [4.69, 9.17) is 10.4 Å². The van der Waals surface area contributed by atoms with Crippen LogP contribution in [-0.2, 0) is 0 Å². The van der Waals surface area contributed by atoms with Crippen molar-refractivity contribution < 1.29 is 9.90 Å². The van der Waals surface area contributed by atoms with Gasteiger partial charge in [-0.25, -0.2) is 4.79 Å². The van der Waals surface area contributed by atoms with Gasteiger partial charge in [0.15, 0.2) is 0 Å². The molecular weight excluding hydrogens is 180 g/mol. The summed E-state index contributed by atoms with van der Waals surface area (Å²) in [4.78, 5) is 12.2. The number of carboxylic acid groups (broad SMARTS) is 1. The predicted octanol–water partition coefficient (Wildman–Crippen LogP) is 1.84. The lowest BCUT2D eigenvalue weighted by molar-refractivity contribution is 0.0648. The van der Waals surface area contributed by atoms with Crippen LogP contribution in [0.4, 0.5) is 4.79 Å². The van der Waals surface area contributed by atoms with Gasteiger partial charge >= 0.3 is 6.09 Å². The van der Waals surface area contributed by atoms with Gasteiger partial charge in [-0.15, -0.1) is 0 Å². The van der Waals surface area contributed by atoms with Gasteiger partial charge in [-0.05, 0) is 11.0 Å². The van der Waals surface area contributed by atoms with Crippen LogP contribution in [-0.4, -0.2) is 28.7 Å². The summed E-state index contributed by atoms with van der Waals surface area (Å²) in [5.74, 6) is 0. The lowest BCUT2D eigenvalue weighted by atomic mass is 9.76. The van der Waals surface area contributed by atoms with Crippen LogP contribution in [0.25, 0.3) is 0 Å². The number of allylic oxidation sites excluding steroid dienone is 1. The Balaban J connectivity index is 2.89. The zero-order valence-electron chi connectivity index (χ0n) is 8.61. The van der Waals surface area contributed by atoms with Crippen molar-refractivity contribution in [3.05, 3.63) is 11.6 Å². The van der Waals surface area contributed by atoms with Gasteiger partial charge < -0.3 is 5.11 Å². The Bertz CT molecular complexity index is 320. The Labute approximate surface area is 83.4 Å². The van der Waals surface area contributed by atoms with Crippen LogP contribution >= 0.6 is 0 Å². The molecule has 4 heteroatoms. The Morgan fingerprint density at radius 3 is 2.64 bits per heavy atom. The summed E-state index contributed by atoms with van der Waals surface area (Å²) in [6.45, 7) is 6.28. The van der Waals surface area contributed by atoms with E-state index in [0.29, 0.717) is 6.54 Å². The van der Waals surface area contributed by atoms with Gasteiger partial charge in [0, 0.05) is 12.6 Å². The van der Waals surface area contributed by atoms with E-state index < -0.39 is 6.09 Å². The number of hydrogen-bond donors (Lipinski definition) is 1. The summed E-state index contributed by atoms with van der Waals surface area (Å²) in [5, 5.41) is 17.4. The largest absolute Gasteiger partial charge is 0.465 e. The second-order valence-electron chi connectivity index (χ2n) is 4.53. The molecule has 1 heterocycles. The normalized spacial score (nSPS) is 24.3. The molecule has 0 spiro atoms. The van der Waals surface area contributed by atoms with Crippen molar-refractivity contribution in [3.63, 3.8) is 0 Å². The van der Waals surface area contributed by atoms with Gasteiger partial charge in [-0.1, -0.05) is 20.8 Å². The lowest BCUT2D eigenvalue weighted by Crippen LogP contribution is -2.58. The van der Waals surface area contributed by atoms with Gasteiger partial charge in [0.25, 0.3) is 0 Å². The highest BCUT2D eigenvalue weighted by Crippen LogP contribution is 2.37. The number of nitriles is 1. The third-order valence-corrected chi connectivity index (χ3v) is 2.33. The first-order chi connectivity index (χ1) is 6.38.